The molecule has 1 aliphatic carbocycles. The summed E-state index contributed by atoms with van der Waals surface area (Å²) in [5.74, 6) is -1.78. The summed E-state index contributed by atoms with van der Waals surface area (Å²) in [6, 6.07) is 4.16. The molecule has 3 atom stereocenters. The van der Waals surface area contributed by atoms with Crippen LogP contribution in [-0.2, 0) is 10.2 Å². The normalized spacial score (nSPS) is 28.3. The van der Waals surface area contributed by atoms with Gasteiger partial charge in [0.05, 0.1) is 11.5 Å². The first-order chi connectivity index (χ1) is 11.1. The Balaban J connectivity index is 1.82. The largest absolute Gasteiger partial charge is 0.444 e. The predicted molar refractivity (Wildman–Crippen MR) is 86.1 cm³/mol. The van der Waals surface area contributed by atoms with Gasteiger partial charge in [0.2, 0.25) is 0 Å². The maximum atomic E-state index is 14.3. The minimum Gasteiger partial charge on any atom is -0.444 e. The lowest BCUT2D eigenvalue weighted by molar-refractivity contribution is 0.0266. The maximum Gasteiger partial charge on any atom is 0.410 e. The zero-order chi connectivity index (χ0) is 17.9. The van der Waals surface area contributed by atoms with E-state index in [-0.39, 0.29) is 21.9 Å². The predicted octanol–water partition coefficient (Wildman–Crippen LogP) is 3.99. The fourth-order valence-corrected chi connectivity index (χ4v) is 4.37. The molecule has 1 aliphatic heterocycles. The molecule has 0 aromatic heterocycles. The lowest BCUT2D eigenvalue weighted by Crippen LogP contribution is -2.39. The Kier molecular flexibility index (Phi) is 3.87. The molecular weight excluding hydrogens is 382 g/mol. The van der Waals surface area contributed by atoms with Crippen molar-refractivity contribution in [3.63, 3.8) is 0 Å². The standard InChI is InChI=1S/C17H17BrF2N2O2/c1-16(2,3)24-15(23)22-6-10-11(7-22)17(10,8-21)14-12(18)4-9(19)5-13(14)20/h4-5,10-11H,6-7H2,1-3H3/t10-,11?,17?/m0/s1. The molecule has 0 N–H and O–H groups in total. The van der Waals surface area contributed by atoms with E-state index in [1.165, 1.54) is 0 Å². The van der Waals surface area contributed by atoms with E-state index in [1.807, 2.05) is 0 Å². The lowest BCUT2D eigenvalue weighted by Gasteiger charge is -2.27. The van der Waals surface area contributed by atoms with Crippen LogP contribution >= 0.6 is 15.9 Å². The van der Waals surface area contributed by atoms with E-state index in [1.54, 1.807) is 25.7 Å². The number of nitriles is 1. The summed E-state index contributed by atoms with van der Waals surface area (Å²) in [6.07, 6.45) is -0.430. The van der Waals surface area contributed by atoms with Crippen LogP contribution in [0, 0.1) is 34.8 Å². The number of amides is 1. The smallest absolute Gasteiger partial charge is 0.410 e. The van der Waals surface area contributed by atoms with Crippen LogP contribution in [0.15, 0.2) is 16.6 Å². The highest BCUT2D eigenvalue weighted by molar-refractivity contribution is 9.10. The molecule has 3 rings (SSSR count). The van der Waals surface area contributed by atoms with Crippen LogP contribution in [0.2, 0.25) is 0 Å². The van der Waals surface area contributed by atoms with Crippen molar-refractivity contribution in [2.45, 2.75) is 31.8 Å². The molecule has 0 bridgehead atoms. The number of hydrogen-bond donors (Lipinski definition) is 0. The second kappa shape index (κ2) is 5.41. The van der Waals surface area contributed by atoms with Gasteiger partial charge in [-0.25, -0.2) is 13.6 Å². The molecule has 2 fully saturated rings. The Hall–Kier alpha value is -1.68. The van der Waals surface area contributed by atoms with Gasteiger partial charge >= 0.3 is 6.09 Å². The molecule has 1 saturated carbocycles. The van der Waals surface area contributed by atoms with Crippen molar-refractivity contribution in [2.75, 3.05) is 13.1 Å². The molecule has 0 radical (unpaired) electrons. The highest BCUT2D eigenvalue weighted by atomic mass is 79.9. The van der Waals surface area contributed by atoms with E-state index < -0.39 is 28.7 Å². The van der Waals surface area contributed by atoms with E-state index in [0.717, 1.165) is 12.1 Å². The van der Waals surface area contributed by atoms with Crippen molar-refractivity contribution >= 4 is 22.0 Å². The molecule has 1 amide bonds. The van der Waals surface area contributed by atoms with E-state index in [9.17, 15) is 18.8 Å². The molecule has 0 spiro atoms. The Morgan fingerprint density at radius 2 is 1.96 bits per heavy atom. The minimum absolute atomic E-state index is 0.175. The van der Waals surface area contributed by atoms with Crippen LogP contribution < -0.4 is 0 Å². The zero-order valence-corrected chi connectivity index (χ0v) is 15.2. The third kappa shape index (κ3) is 2.57. The van der Waals surface area contributed by atoms with Crippen molar-refractivity contribution in [1.82, 2.24) is 4.90 Å². The molecule has 128 valence electrons. The van der Waals surface area contributed by atoms with Gasteiger partial charge in [-0.1, -0.05) is 15.9 Å². The van der Waals surface area contributed by atoms with E-state index in [4.69, 9.17) is 4.74 Å². The molecule has 1 aromatic carbocycles. The molecule has 1 saturated heterocycles. The van der Waals surface area contributed by atoms with E-state index in [0.29, 0.717) is 13.1 Å². The van der Waals surface area contributed by atoms with Gasteiger partial charge in [0.1, 0.15) is 17.2 Å². The second-order valence-corrected chi connectivity index (χ2v) is 8.18. The van der Waals surface area contributed by atoms with Gasteiger partial charge in [0.25, 0.3) is 0 Å². The topological polar surface area (TPSA) is 53.3 Å². The molecule has 24 heavy (non-hydrogen) atoms. The van der Waals surface area contributed by atoms with Crippen molar-refractivity contribution in [3.8, 4) is 6.07 Å². The maximum absolute atomic E-state index is 14.3. The van der Waals surface area contributed by atoms with Crippen LogP contribution in [0.5, 0.6) is 0 Å². The Labute approximate surface area is 147 Å². The number of rotatable bonds is 1. The summed E-state index contributed by atoms with van der Waals surface area (Å²) in [6.45, 7) is 6.01. The average Bonchev–Trinajstić information content (AvgIpc) is 2.81. The number of benzene rings is 1. The Morgan fingerprint density at radius 1 is 1.38 bits per heavy atom. The number of nitrogens with zero attached hydrogens (tertiary/aromatic N) is 2. The highest BCUT2D eigenvalue weighted by Gasteiger charge is 2.72. The summed E-state index contributed by atoms with van der Waals surface area (Å²) in [5.41, 5.74) is -1.43. The number of likely N-dealkylation sites (tertiary alicyclic amines) is 1. The second-order valence-electron chi connectivity index (χ2n) is 7.32. The lowest BCUT2D eigenvalue weighted by atomic mass is 9.91. The van der Waals surface area contributed by atoms with Crippen LogP contribution in [0.4, 0.5) is 13.6 Å². The van der Waals surface area contributed by atoms with Gasteiger partial charge in [-0.05, 0) is 26.8 Å². The number of piperidine rings is 1. The summed E-state index contributed by atoms with van der Waals surface area (Å²) in [7, 11) is 0. The molecule has 2 unspecified atom stereocenters. The van der Waals surface area contributed by atoms with Crippen molar-refractivity contribution in [2.24, 2.45) is 11.8 Å². The molecule has 7 heteroatoms. The SMILES string of the molecule is CC(C)(C)OC(=O)N1CC2[C@H](C1)C2(C#N)c1c(F)cc(F)cc1Br. The van der Waals surface area contributed by atoms with Gasteiger partial charge in [0, 0.05) is 41.0 Å². The average molecular weight is 399 g/mol. The first-order valence-electron chi connectivity index (χ1n) is 7.64. The number of carbonyl (C=O) groups is 1. The molecule has 4 nitrogen and oxygen atoms in total. The fraction of sp³-hybridized carbons (Fsp3) is 0.529. The Bertz CT molecular complexity index is 719. The Morgan fingerprint density at radius 3 is 2.42 bits per heavy atom. The minimum atomic E-state index is -1.02. The zero-order valence-electron chi connectivity index (χ0n) is 13.6. The molecule has 1 aromatic rings. The van der Waals surface area contributed by atoms with Gasteiger partial charge < -0.3 is 9.64 Å². The van der Waals surface area contributed by atoms with Crippen LogP contribution in [0.1, 0.15) is 26.3 Å². The van der Waals surface area contributed by atoms with Crippen LogP contribution in [-0.4, -0.2) is 29.7 Å². The monoisotopic (exact) mass is 398 g/mol. The number of ether oxygens (including phenoxy) is 1. The number of carbonyl (C=O) groups excluding carboxylic acids is 1. The van der Waals surface area contributed by atoms with Gasteiger partial charge in [-0.2, -0.15) is 5.26 Å². The van der Waals surface area contributed by atoms with Crippen LogP contribution in [0.3, 0.4) is 0 Å². The molecule has 2 aliphatic rings. The third-order valence-corrected chi connectivity index (χ3v) is 5.26. The molecule has 1 heterocycles. The molecular formula is C17H17BrF2N2O2. The van der Waals surface area contributed by atoms with Gasteiger partial charge in [-0.15, -0.1) is 0 Å². The summed E-state index contributed by atoms with van der Waals surface area (Å²) < 4.78 is 33.2. The number of hydrogen-bond acceptors (Lipinski definition) is 3. The summed E-state index contributed by atoms with van der Waals surface area (Å²) in [5, 5.41) is 9.68. The van der Waals surface area contributed by atoms with E-state index in [2.05, 4.69) is 22.0 Å². The van der Waals surface area contributed by atoms with Gasteiger partial charge in [-0.3, -0.25) is 0 Å². The fourth-order valence-electron chi connectivity index (χ4n) is 3.64. The first kappa shape index (κ1) is 17.2. The van der Waals surface area contributed by atoms with Gasteiger partial charge in [0.15, 0.2) is 0 Å². The van der Waals surface area contributed by atoms with Crippen molar-refractivity contribution in [1.29, 1.82) is 5.26 Å². The number of fused-ring (bicyclic) bond motifs is 1. The summed E-state index contributed by atoms with van der Waals surface area (Å²) >= 11 is 3.17. The third-order valence-electron chi connectivity index (χ3n) is 4.64. The summed E-state index contributed by atoms with van der Waals surface area (Å²) in [4.78, 5) is 13.7. The van der Waals surface area contributed by atoms with Crippen molar-refractivity contribution < 1.29 is 18.3 Å². The van der Waals surface area contributed by atoms with Crippen LogP contribution in [0.25, 0.3) is 0 Å². The van der Waals surface area contributed by atoms with Crippen molar-refractivity contribution in [3.05, 3.63) is 33.8 Å². The first-order valence-corrected chi connectivity index (χ1v) is 8.43. The number of halogens is 3. The quantitative estimate of drug-likeness (QED) is 0.718. The highest BCUT2D eigenvalue weighted by Crippen LogP contribution is 2.64. The van der Waals surface area contributed by atoms with E-state index >= 15 is 0 Å².